The van der Waals surface area contributed by atoms with Gasteiger partial charge in [-0.3, -0.25) is 5.10 Å². The monoisotopic (exact) mass is 252 g/mol. The number of nitrogens with one attached hydrogen (secondary N) is 1. The van der Waals surface area contributed by atoms with Crippen molar-refractivity contribution in [3.05, 3.63) is 42.4 Å². The first-order chi connectivity index (χ1) is 9.42. The van der Waals surface area contributed by atoms with Crippen molar-refractivity contribution in [3.63, 3.8) is 0 Å². The summed E-state index contributed by atoms with van der Waals surface area (Å²) in [5.74, 6) is 2.17. The van der Waals surface area contributed by atoms with Crippen molar-refractivity contribution in [2.75, 3.05) is 0 Å². The smallest absolute Gasteiger partial charge is 0.201 e. The highest BCUT2D eigenvalue weighted by Gasteiger charge is 2.27. The minimum Gasteiger partial charge on any atom is -0.262 e. The molecule has 1 aromatic carbocycles. The third-order valence-electron chi connectivity index (χ3n) is 3.25. The molecule has 6 nitrogen and oxygen atoms in total. The van der Waals surface area contributed by atoms with Gasteiger partial charge in [-0.2, -0.15) is 5.10 Å². The second-order valence-corrected chi connectivity index (χ2v) is 4.69. The number of aromatic nitrogens is 6. The fourth-order valence-corrected chi connectivity index (χ4v) is 2.08. The van der Waals surface area contributed by atoms with E-state index in [9.17, 15) is 0 Å². The van der Waals surface area contributed by atoms with Gasteiger partial charge < -0.3 is 0 Å². The summed E-state index contributed by atoms with van der Waals surface area (Å²) >= 11 is 0. The van der Waals surface area contributed by atoms with E-state index in [1.165, 1.54) is 12.8 Å². The summed E-state index contributed by atoms with van der Waals surface area (Å²) in [6.45, 7) is 0. The van der Waals surface area contributed by atoms with E-state index in [1.807, 2.05) is 30.3 Å². The van der Waals surface area contributed by atoms with Gasteiger partial charge in [0.2, 0.25) is 5.82 Å². The second-order valence-electron chi connectivity index (χ2n) is 4.69. The van der Waals surface area contributed by atoms with Crippen molar-refractivity contribution in [1.82, 2.24) is 30.2 Å². The highest BCUT2D eigenvalue weighted by atomic mass is 15.4. The Morgan fingerprint density at radius 3 is 2.79 bits per heavy atom. The van der Waals surface area contributed by atoms with Gasteiger partial charge in [0, 0.05) is 5.92 Å². The number of para-hydroxylation sites is 1. The highest BCUT2D eigenvalue weighted by Crippen LogP contribution is 2.38. The minimum absolute atomic E-state index is 0.558. The number of hydrogen-bond acceptors (Lipinski definition) is 4. The minimum atomic E-state index is 0.558. The molecule has 6 heteroatoms. The average Bonchev–Trinajstić information content (AvgIpc) is 3.02. The average molecular weight is 252 g/mol. The van der Waals surface area contributed by atoms with Crippen LogP contribution in [0.3, 0.4) is 0 Å². The third kappa shape index (κ3) is 1.81. The van der Waals surface area contributed by atoms with Gasteiger partial charge in [-0.1, -0.05) is 23.4 Å². The molecule has 1 saturated carbocycles. The molecule has 0 atom stereocenters. The standard InChI is InChI=1S/C13H12N6/c1-2-4-10(5-3-1)19-11(8-14-18-19)13-15-12(16-17-13)9-6-7-9/h1-5,8-9H,6-7H2,(H,15,16,17). The van der Waals surface area contributed by atoms with Gasteiger partial charge in [-0.15, -0.1) is 5.10 Å². The number of benzene rings is 1. The van der Waals surface area contributed by atoms with Crippen LogP contribution in [0.5, 0.6) is 0 Å². The molecule has 0 amide bonds. The Hall–Kier alpha value is -2.50. The van der Waals surface area contributed by atoms with Crippen molar-refractivity contribution < 1.29 is 0 Å². The molecule has 1 fully saturated rings. The van der Waals surface area contributed by atoms with Gasteiger partial charge in [-0.25, -0.2) is 9.67 Å². The van der Waals surface area contributed by atoms with Crippen molar-refractivity contribution in [1.29, 1.82) is 0 Å². The van der Waals surface area contributed by atoms with Crippen molar-refractivity contribution in [3.8, 4) is 17.2 Å². The van der Waals surface area contributed by atoms with E-state index < -0.39 is 0 Å². The molecule has 0 bridgehead atoms. The molecular formula is C13H12N6. The Bertz CT molecular complexity index is 695. The normalized spacial score (nSPS) is 14.7. The van der Waals surface area contributed by atoms with Gasteiger partial charge in [0.05, 0.1) is 11.9 Å². The summed E-state index contributed by atoms with van der Waals surface area (Å²) in [6, 6.07) is 9.86. The van der Waals surface area contributed by atoms with Gasteiger partial charge in [-0.05, 0) is 25.0 Å². The Kier molecular flexibility index (Phi) is 2.20. The first kappa shape index (κ1) is 10.4. The first-order valence-electron chi connectivity index (χ1n) is 6.30. The maximum absolute atomic E-state index is 4.53. The molecule has 2 heterocycles. The van der Waals surface area contributed by atoms with Crippen LogP contribution in [0.15, 0.2) is 36.5 Å². The van der Waals surface area contributed by atoms with E-state index >= 15 is 0 Å². The molecule has 2 aromatic heterocycles. The van der Waals surface area contributed by atoms with E-state index in [0.717, 1.165) is 17.2 Å². The predicted molar refractivity (Wildman–Crippen MR) is 68.7 cm³/mol. The molecular weight excluding hydrogens is 240 g/mol. The van der Waals surface area contributed by atoms with Crippen LogP contribution >= 0.6 is 0 Å². The summed E-state index contributed by atoms with van der Waals surface area (Å²) in [7, 11) is 0. The van der Waals surface area contributed by atoms with Crippen molar-refractivity contribution in [2.45, 2.75) is 18.8 Å². The summed E-state index contributed by atoms with van der Waals surface area (Å²) < 4.78 is 1.75. The lowest BCUT2D eigenvalue weighted by Gasteiger charge is -2.02. The molecule has 19 heavy (non-hydrogen) atoms. The Labute approximate surface area is 109 Å². The SMILES string of the molecule is c1ccc(-n2nncc2-c2n[nH]c(C3CC3)n2)cc1. The fourth-order valence-electron chi connectivity index (χ4n) is 2.08. The molecule has 4 rings (SSSR count). The second kappa shape index (κ2) is 4.01. The van der Waals surface area contributed by atoms with Crippen LogP contribution in [-0.4, -0.2) is 30.2 Å². The summed E-state index contributed by atoms with van der Waals surface area (Å²) in [4.78, 5) is 4.53. The van der Waals surface area contributed by atoms with Gasteiger partial charge in [0.25, 0.3) is 0 Å². The Morgan fingerprint density at radius 1 is 1.16 bits per heavy atom. The number of rotatable bonds is 3. The third-order valence-corrected chi connectivity index (χ3v) is 3.25. The predicted octanol–water partition coefficient (Wildman–Crippen LogP) is 1.93. The molecule has 1 aliphatic carbocycles. The maximum atomic E-state index is 4.53. The molecule has 1 N–H and O–H groups in total. The molecule has 0 spiro atoms. The number of nitrogens with zero attached hydrogens (tertiary/aromatic N) is 5. The molecule has 3 aromatic rings. The van der Waals surface area contributed by atoms with E-state index in [-0.39, 0.29) is 0 Å². The quantitative estimate of drug-likeness (QED) is 0.773. The van der Waals surface area contributed by atoms with Crippen LogP contribution in [0.25, 0.3) is 17.2 Å². The molecule has 0 radical (unpaired) electrons. The molecule has 0 saturated heterocycles. The maximum Gasteiger partial charge on any atom is 0.201 e. The van der Waals surface area contributed by atoms with Crippen molar-refractivity contribution in [2.24, 2.45) is 0 Å². The van der Waals surface area contributed by atoms with Crippen LogP contribution in [0, 0.1) is 0 Å². The zero-order valence-electron chi connectivity index (χ0n) is 10.2. The highest BCUT2D eigenvalue weighted by molar-refractivity contribution is 5.52. The van der Waals surface area contributed by atoms with Gasteiger partial charge in [0.1, 0.15) is 11.5 Å². The fraction of sp³-hybridized carbons (Fsp3) is 0.231. The van der Waals surface area contributed by atoms with Crippen LogP contribution in [0.2, 0.25) is 0 Å². The van der Waals surface area contributed by atoms with Gasteiger partial charge >= 0.3 is 0 Å². The summed E-state index contributed by atoms with van der Waals surface area (Å²) in [5, 5.41) is 15.3. The zero-order valence-corrected chi connectivity index (χ0v) is 10.2. The van der Waals surface area contributed by atoms with Crippen molar-refractivity contribution >= 4 is 0 Å². The summed E-state index contributed by atoms with van der Waals surface area (Å²) in [5.41, 5.74) is 1.75. The lowest BCUT2D eigenvalue weighted by atomic mass is 10.3. The molecule has 94 valence electrons. The Balaban J connectivity index is 1.77. The number of aromatic amines is 1. The largest absolute Gasteiger partial charge is 0.262 e. The Morgan fingerprint density at radius 2 is 2.00 bits per heavy atom. The molecule has 0 aliphatic heterocycles. The van der Waals surface area contributed by atoms with E-state index in [2.05, 4.69) is 25.5 Å². The topological polar surface area (TPSA) is 72.3 Å². The zero-order chi connectivity index (χ0) is 12.7. The lowest BCUT2D eigenvalue weighted by molar-refractivity contribution is 0.804. The van der Waals surface area contributed by atoms with Crippen LogP contribution in [-0.2, 0) is 0 Å². The molecule has 0 unspecified atom stereocenters. The van der Waals surface area contributed by atoms with Gasteiger partial charge in [0.15, 0.2) is 0 Å². The summed E-state index contributed by atoms with van der Waals surface area (Å²) in [6.07, 6.45) is 4.09. The lowest BCUT2D eigenvalue weighted by Crippen LogP contribution is -1.99. The van der Waals surface area contributed by atoms with E-state index in [1.54, 1.807) is 10.9 Å². The van der Waals surface area contributed by atoms with E-state index in [0.29, 0.717) is 11.7 Å². The van der Waals surface area contributed by atoms with Crippen LogP contribution < -0.4 is 0 Å². The molecule has 1 aliphatic rings. The number of hydrogen-bond donors (Lipinski definition) is 1. The van der Waals surface area contributed by atoms with Crippen LogP contribution in [0.1, 0.15) is 24.6 Å². The first-order valence-corrected chi connectivity index (χ1v) is 6.30. The number of H-pyrrole nitrogens is 1. The van der Waals surface area contributed by atoms with E-state index in [4.69, 9.17) is 0 Å². The van der Waals surface area contributed by atoms with Crippen LogP contribution in [0.4, 0.5) is 0 Å².